The molecule has 0 radical (unpaired) electrons. The third-order valence-electron chi connectivity index (χ3n) is 5.78. The van der Waals surface area contributed by atoms with Crippen LogP contribution in [-0.4, -0.2) is 52.5 Å². The molecule has 2 atom stereocenters. The van der Waals surface area contributed by atoms with Crippen LogP contribution in [0.1, 0.15) is 36.5 Å². The van der Waals surface area contributed by atoms with Crippen molar-refractivity contribution in [2.45, 2.75) is 36.6 Å². The van der Waals surface area contributed by atoms with Gasteiger partial charge in [0.15, 0.2) is 12.7 Å². The molecule has 4 rings (SSSR count). The molecule has 1 amide bonds. The van der Waals surface area contributed by atoms with Crippen LogP contribution in [0.2, 0.25) is 0 Å². The van der Waals surface area contributed by atoms with Gasteiger partial charge in [0.2, 0.25) is 0 Å². The summed E-state index contributed by atoms with van der Waals surface area (Å²) >= 11 is 0. The van der Waals surface area contributed by atoms with Crippen LogP contribution < -0.4 is 0 Å². The molecule has 0 aromatic heterocycles. The van der Waals surface area contributed by atoms with Gasteiger partial charge in [-0.1, -0.05) is 60.7 Å². The van der Waals surface area contributed by atoms with Gasteiger partial charge in [-0.25, -0.2) is 11.4 Å². The Labute approximate surface area is 190 Å². The van der Waals surface area contributed by atoms with Gasteiger partial charge in [0.25, 0.3) is 0 Å². The zero-order valence-electron chi connectivity index (χ0n) is 17.7. The maximum Gasteiger partial charge on any atom is 0.376 e. The van der Waals surface area contributed by atoms with Crippen LogP contribution in [0.4, 0.5) is 0 Å². The molecule has 2 saturated heterocycles. The lowest BCUT2D eigenvalue weighted by Gasteiger charge is -2.33. The Morgan fingerprint density at radius 1 is 1.12 bits per heavy atom. The van der Waals surface area contributed by atoms with Gasteiger partial charge in [0, 0.05) is 6.42 Å². The van der Waals surface area contributed by atoms with Crippen LogP contribution >= 0.6 is 0 Å². The summed E-state index contributed by atoms with van der Waals surface area (Å²) < 4.78 is 11.2. The second kappa shape index (κ2) is 9.02. The number of carbonyl (C=O) groups is 3. The molecule has 2 aliphatic heterocycles. The van der Waals surface area contributed by atoms with E-state index in [1.165, 1.54) is 0 Å². The fourth-order valence-corrected chi connectivity index (χ4v) is 3.96. The lowest BCUT2D eigenvalue weighted by atomic mass is 9.96. The third kappa shape index (κ3) is 3.95. The van der Waals surface area contributed by atoms with E-state index < -0.39 is 41.8 Å². The quantitative estimate of drug-likeness (QED) is 0.509. The minimum absolute atomic E-state index is 0.130. The van der Waals surface area contributed by atoms with Gasteiger partial charge in [0.05, 0.1) is 19.4 Å². The SMILES string of the molecule is [C-]#[N+]C1(CCO)CON(C2(C(=O)OC(c3ccccc3)c3ccccc3)CCC(=O)O2)C1=O. The molecule has 0 aliphatic carbocycles. The molecule has 0 spiro atoms. The van der Waals surface area contributed by atoms with Crippen LogP contribution in [0.15, 0.2) is 60.7 Å². The smallest absolute Gasteiger partial charge is 0.376 e. The molecule has 1 N–H and O–H groups in total. The Kier molecular flexibility index (Phi) is 6.14. The minimum Gasteiger partial charge on any atom is -0.448 e. The number of rotatable bonds is 7. The number of ether oxygens (including phenoxy) is 2. The summed E-state index contributed by atoms with van der Waals surface area (Å²) in [7, 11) is 0. The summed E-state index contributed by atoms with van der Waals surface area (Å²) in [5.74, 6) is -2.53. The topological polar surface area (TPSA) is 107 Å². The summed E-state index contributed by atoms with van der Waals surface area (Å²) in [6, 6.07) is 18.0. The highest BCUT2D eigenvalue weighted by molar-refractivity contribution is 5.96. The summed E-state index contributed by atoms with van der Waals surface area (Å²) in [4.78, 5) is 47.6. The predicted molar refractivity (Wildman–Crippen MR) is 113 cm³/mol. The van der Waals surface area contributed by atoms with Gasteiger partial charge in [0.1, 0.15) is 0 Å². The molecule has 2 aromatic rings. The molecule has 2 fully saturated rings. The minimum atomic E-state index is -2.15. The van der Waals surface area contributed by atoms with Crippen LogP contribution in [0.25, 0.3) is 4.85 Å². The zero-order valence-corrected chi connectivity index (χ0v) is 17.7. The number of amides is 1. The standard InChI is InChI=1S/C24H22N2O7/c1-25-23(14-15-27)16-31-26(21(23)29)24(13-12-19(28)33-24)22(30)32-20(17-8-4-2-5-9-17)18-10-6-3-7-11-18/h2-11,20,27H,12-16H2. The fourth-order valence-electron chi connectivity index (χ4n) is 3.96. The molecular weight excluding hydrogens is 428 g/mol. The van der Waals surface area contributed by atoms with Crippen molar-refractivity contribution in [2.75, 3.05) is 13.2 Å². The molecule has 2 aliphatic rings. The normalized spacial score (nSPS) is 24.6. The van der Waals surface area contributed by atoms with Crippen LogP contribution in [0.5, 0.6) is 0 Å². The van der Waals surface area contributed by atoms with Crippen molar-refractivity contribution in [3.05, 3.63) is 83.2 Å². The number of benzene rings is 2. The Morgan fingerprint density at radius 3 is 2.21 bits per heavy atom. The lowest BCUT2D eigenvalue weighted by molar-refractivity contribution is -0.260. The van der Waals surface area contributed by atoms with E-state index in [0.717, 1.165) is 0 Å². The van der Waals surface area contributed by atoms with Gasteiger partial charge in [-0.15, -0.1) is 0 Å². The second-order valence-corrected chi connectivity index (χ2v) is 7.86. The molecule has 170 valence electrons. The van der Waals surface area contributed by atoms with Gasteiger partial charge in [-0.05, 0) is 11.1 Å². The van der Waals surface area contributed by atoms with E-state index in [2.05, 4.69) is 4.85 Å². The van der Waals surface area contributed by atoms with Crippen LogP contribution in [-0.2, 0) is 28.7 Å². The van der Waals surface area contributed by atoms with Crippen LogP contribution in [0.3, 0.4) is 0 Å². The van der Waals surface area contributed by atoms with E-state index in [0.29, 0.717) is 16.2 Å². The van der Waals surface area contributed by atoms with Crippen molar-refractivity contribution in [3.8, 4) is 0 Å². The van der Waals surface area contributed by atoms with E-state index >= 15 is 0 Å². The van der Waals surface area contributed by atoms with Gasteiger partial charge in [-0.2, -0.15) is 5.06 Å². The van der Waals surface area contributed by atoms with Crippen molar-refractivity contribution >= 4 is 17.8 Å². The van der Waals surface area contributed by atoms with Gasteiger partial charge >= 0.3 is 29.1 Å². The number of hydroxylamine groups is 2. The summed E-state index contributed by atoms with van der Waals surface area (Å²) in [6.07, 6.45) is -1.33. The first-order valence-corrected chi connectivity index (χ1v) is 10.5. The van der Waals surface area contributed by atoms with E-state index in [1.54, 1.807) is 48.5 Å². The molecule has 0 bridgehead atoms. The zero-order chi connectivity index (χ0) is 23.5. The van der Waals surface area contributed by atoms with Crippen molar-refractivity contribution < 1.29 is 33.8 Å². The van der Waals surface area contributed by atoms with Crippen LogP contribution in [0, 0.1) is 6.57 Å². The van der Waals surface area contributed by atoms with Gasteiger partial charge in [-0.3, -0.25) is 19.3 Å². The number of aliphatic hydroxyl groups excluding tert-OH is 1. The monoisotopic (exact) mass is 450 g/mol. The van der Waals surface area contributed by atoms with Crippen molar-refractivity contribution in [3.63, 3.8) is 0 Å². The van der Waals surface area contributed by atoms with Crippen molar-refractivity contribution in [1.82, 2.24) is 5.06 Å². The first-order chi connectivity index (χ1) is 16.0. The fraction of sp³-hybridized carbons (Fsp3) is 0.333. The van der Waals surface area contributed by atoms with E-state index in [1.807, 2.05) is 12.1 Å². The number of cyclic esters (lactones) is 1. The average molecular weight is 450 g/mol. The average Bonchev–Trinajstić information content (AvgIpc) is 3.40. The molecule has 2 aromatic carbocycles. The highest BCUT2D eigenvalue weighted by atomic mass is 16.8. The Balaban J connectivity index is 1.69. The first kappa shape index (κ1) is 22.5. The molecular formula is C24H22N2O7. The maximum atomic E-state index is 13.6. The number of hydrogen-bond acceptors (Lipinski definition) is 7. The maximum absolute atomic E-state index is 13.6. The van der Waals surface area contributed by atoms with E-state index in [9.17, 15) is 19.5 Å². The van der Waals surface area contributed by atoms with E-state index in [4.69, 9.17) is 20.9 Å². The number of carbonyl (C=O) groups excluding carboxylic acids is 3. The van der Waals surface area contributed by atoms with E-state index in [-0.39, 0.29) is 25.9 Å². The number of hydrogen-bond donors (Lipinski definition) is 1. The summed E-state index contributed by atoms with van der Waals surface area (Å²) in [6.45, 7) is 6.66. The number of aliphatic hydroxyl groups is 1. The summed E-state index contributed by atoms with van der Waals surface area (Å²) in [5.41, 5.74) is -2.49. The van der Waals surface area contributed by atoms with Crippen molar-refractivity contribution in [2.24, 2.45) is 0 Å². The number of nitrogens with zero attached hydrogens (tertiary/aromatic N) is 2. The second-order valence-electron chi connectivity index (χ2n) is 7.86. The van der Waals surface area contributed by atoms with Crippen molar-refractivity contribution in [1.29, 1.82) is 0 Å². The highest BCUT2D eigenvalue weighted by Gasteiger charge is 2.66. The summed E-state index contributed by atoms with van der Waals surface area (Å²) in [5, 5.41) is 9.99. The molecule has 2 unspecified atom stereocenters. The Hall–Kier alpha value is -3.74. The molecule has 2 heterocycles. The molecule has 0 saturated carbocycles. The molecule has 9 heteroatoms. The highest BCUT2D eigenvalue weighted by Crippen LogP contribution is 2.41. The first-order valence-electron chi connectivity index (χ1n) is 10.5. The van der Waals surface area contributed by atoms with Gasteiger partial charge < -0.3 is 14.6 Å². The Morgan fingerprint density at radius 2 is 1.73 bits per heavy atom. The largest absolute Gasteiger partial charge is 0.448 e. The molecule has 33 heavy (non-hydrogen) atoms. The number of esters is 2. The lowest BCUT2D eigenvalue weighted by Crippen LogP contribution is -2.57. The molecule has 9 nitrogen and oxygen atoms in total. The predicted octanol–water partition coefficient (Wildman–Crippen LogP) is 2.17. The third-order valence-corrected chi connectivity index (χ3v) is 5.78. The Bertz CT molecular complexity index is 1050.